The Labute approximate surface area is 80.3 Å². The second kappa shape index (κ2) is 6.32. The van der Waals surface area contributed by atoms with Gasteiger partial charge in [-0.3, -0.25) is 4.90 Å². The summed E-state index contributed by atoms with van der Waals surface area (Å²) < 4.78 is 0. The summed E-state index contributed by atoms with van der Waals surface area (Å²) in [5.41, 5.74) is 0. The number of aliphatic hydroxyl groups excluding tert-OH is 1. The molecule has 0 aromatic rings. The van der Waals surface area contributed by atoms with Gasteiger partial charge in [0.1, 0.15) is 0 Å². The fourth-order valence-corrected chi connectivity index (χ4v) is 1.48. The normalized spacial score (nSPS) is 21.7. The second-order valence-corrected chi connectivity index (χ2v) is 3.64. The minimum absolute atomic E-state index is 0.233. The second-order valence-electron chi connectivity index (χ2n) is 3.64. The van der Waals surface area contributed by atoms with Crippen LogP contribution in [-0.2, 0) is 0 Å². The lowest BCUT2D eigenvalue weighted by molar-refractivity contribution is 0.185. The average molecular weight is 187 g/mol. The van der Waals surface area contributed by atoms with Crippen LogP contribution in [0.4, 0.5) is 0 Å². The molecule has 0 aromatic heterocycles. The van der Waals surface area contributed by atoms with E-state index in [2.05, 4.69) is 15.5 Å². The highest BCUT2D eigenvalue weighted by atomic mass is 16.3. The van der Waals surface area contributed by atoms with Gasteiger partial charge in [-0.25, -0.2) is 0 Å². The van der Waals surface area contributed by atoms with Gasteiger partial charge >= 0.3 is 0 Å². The Morgan fingerprint density at radius 1 is 1.46 bits per heavy atom. The lowest BCUT2D eigenvalue weighted by Crippen LogP contribution is -2.46. The fourth-order valence-electron chi connectivity index (χ4n) is 1.48. The van der Waals surface area contributed by atoms with Crippen molar-refractivity contribution in [2.24, 2.45) is 0 Å². The molecule has 0 radical (unpaired) electrons. The third-order valence-corrected chi connectivity index (χ3v) is 2.25. The number of hydrogen-bond acceptors (Lipinski definition) is 4. The zero-order valence-electron chi connectivity index (χ0n) is 8.42. The molecule has 0 bridgehead atoms. The Morgan fingerprint density at radius 3 is 2.77 bits per heavy atom. The summed E-state index contributed by atoms with van der Waals surface area (Å²) in [6.45, 7) is 9.09. The third-order valence-electron chi connectivity index (χ3n) is 2.25. The minimum atomic E-state index is -0.233. The van der Waals surface area contributed by atoms with E-state index in [4.69, 9.17) is 5.11 Å². The zero-order chi connectivity index (χ0) is 9.52. The van der Waals surface area contributed by atoms with Crippen LogP contribution in [0.3, 0.4) is 0 Å². The fraction of sp³-hybridized carbons (Fsp3) is 1.00. The molecule has 3 N–H and O–H groups in total. The maximum absolute atomic E-state index is 9.00. The van der Waals surface area contributed by atoms with Crippen molar-refractivity contribution in [2.45, 2.75) is 13.0 Å². The maximum Gasteiger partial charge on any atom is 0.0636 e. The number of nitrogens with zero attached hydrogens (tertiary/aromatic N) is 1. The van der Waals surface area contributed by atoms with Crippen LogP contribution in [0, 0.1) is 0 Å². The van der Waals surface area contributed by atoms with Crippen LogP contribution < -0.4 is 10.6 Å². The van der Waals surface area contributed by atoms with Crippen LogP contribution in [0.1, 0.15) is 6.92 Å². The molecule has 0 amide bonds. The average Bonchev–Trinajstić information content (AvgIpc) is 2.14. The Balaban J connectivity index is 1.92. The maximum atomic E-state index is 9.00. The number of rotatable bonds is 5. The predicted molar refractivity (Wildman–Crippen MR) is 53.9 cm³/mol. The van der Waals surface area contributed by atoms with Crippen molar-refractivity contribution >= 4 is 0 Å². The lowest BCUT2D eigenvalue weighted by atomic mass is 10.3. The highest BCUT2D eigenvalue weighted by Gasteiger charge is 2.07. The van der Waals surface area contributed by atoms with E-state index in [9.17, 15) is 0 Å². The van der Waals surface area contributed by atoms with E-state index in [-0.39, 0.29) is 6.10 Å². The summed E-state index contributed by atoms with van der Waals surface area (Å²) in [5.74, 6) is 0. The number of aliphatic hydroxyl groups is 1. The first-order valence-electron chi connectivity index (χ1n) is 5.11. The number of nitrogens with one attached hydrogen (secondary N) is 2. The number of hydrogen-bond donors (Lipinski definition) is 3. The van der Waals surface area contributed by atoms with Gasteiger partial charge in [0.25, 0.3) is 0 Å². The summed E-state index contributed by atoms with van der Waals surface area (Å²) in [6, 6.07) is 0. The smallest absolute Gasteiger partial charge is 0.0636 e. The van der Waals surface area contributed by atoms with E-state index < -0.39 is 0 Å². The molecule has 1 atom stereocenters. The lowest BCUT2D eigenvalue weighted by Gasteiger charge is -2.27. The van der Waals surface area contributed by atoms with Crippen molar-refractivity contribution in [3.63, 3.8) is 0 Å². The first kappa shape index (κ1) is 10.9. The first-order valence-corrected chi connectivity index (χ1v) is 5.11. The molecule has 1 heterocycles. The Kier molecular flexibility index (Phi) is 5.31. The monoisotopic (exact) mass is 187 g/mol. The van der Waals surface area contributed by atoms with Gasteiger partial charge in [-0.1, -0.05) is 0 Å². The van der Waals surface area contributed by atoms with Crippen LogP contribution in [0.15, 0.2) is 0 Å². The van der Waals surface area contributed by atoms with Gasteiger partial charge in [0, 0.05) is 45.8 Å². The van der Waals surface area contributed by atoms with Crippen LogP contribution in [-0.4, -0.2) is 61.9 Å². The molecule has 0 aliphatic carbocycles. The van der Waals surface area contributed by atoms with E-state index in [1.807, 2.05) is 0 Å². The van der Waals surface area contributed by atoms with Crippen LogP contribution in [0.5, 0.6) is 0 Å². The molecular formula is C9H21N3O. The molecule has 4 heteroatoms. The van der Waals surface area contributed by atoms with Crippen molar-refractivity contribution in [1.82, 2.24) is 15.5 Å². The van der Waals surface area contributed by atoms with Crippen molar-refractivity contribution in [1.29, 1.82) is 0 Å². The van der Waals surface area contributed by atoms with Gasteiger partial charge in [-0.2, -0.15) is 0 Å². The van der Waals surface area contributed by atoms with Gasteiger partial charge in [0.2, 0.25) is 0 Å². The summed E-state index contributed by atoms with van der Waals surface area (Å²) in [7, 11) is 0. The topological polar surface area (TPSA) is 47.5 Å². The molecule has 0 aromatic carbocycles. The highest BCUT2D eigenvalue weighted by Crippen LogP contribution is 1.89. The predicted octanol–water partition coefficient (Wildman–Crippen LogP) is -1.14. The molecular weight excluding hydrogens is 166 g/mol. The summed E-state index contributed by atoms with van der Waals surface area (Å²) in [4.78, 5) is 2.44. The van der Waals surface area contributed by atoms with Crippen molar-refractivity contribution in [2.75, 3.05) is 45.8 Å². The summed E-state index contributed by atoms with van der Waals surface area (Å²) >= 11 is 0. The molecule has 1 aliphatic heterocycles. The Bertz CT molecular complexity index is 124. The van der Waals surface area contributed by atoms with E-state index >= 15 is 0 Å². The highest BCUT2D eigenvalue weighted by molar-refractivity contribution is 4.68. The molecule has 0 spiro atoms. The Morgan fingerprint density at radius 2 is 2.15 bits per heavy atom. The Hall–Kier alpha value is -0.160. The van der Waals surface area contributed by atoms with Crippen LogP contribution in [0.25, 0.3) is 0 Å². The van der Waals surface area contributed by atoms with Gasteiger partial charge < -0.3 is 15.7 Å². The largest absolute Gasteiger partial charge is 0.392 e. The van der Waals surface area contributed by atoms with Crippen molar-refractivity contribution in [3.05, 3.63) is 0 Å². The molecule has 1 fully saturated rings. The SMILES string of the molecule is C[C@H](O)CNCCN1CCNCC1. The molecule has 0 saturated carbocycles. The molecule has 1 aliphatic rings. The molecule has 0 unspecified atom stereocenters. The standard InChI is InChI=1S/C9H21N3O/c1-9(13)8-11-4-7-12-5-2-10-3-6-12/h9-11,13H,2-8H2,1H3/t9-/m0/s1. The van der Waals surface area contributed by atoms with Gasteiger partial charge in [0.05, 0.1) is 6.10 Å². The molecule has 1 saturated heterocycles. The minimum Gasteiger partial charge on any atom is -0.392 e. The van der Waals surface area contributed by atoms with Crippen molar-refractivity contribution < 1.29 is 5.11 Å². The third kappa shape index (κ3) is 5.21. The molecule has 1 rings (SSSR count). The summed E-state index contributed by atoms with van der Waals surface area (Å²) in [5, 5.41) is 15.5. The van der Waals surface area contributed by atoms with E-state index in [0.29, 0.717) is 6.54 Å². The zero-order valence-corrected chi connectivity index (χ0v) is 8.42. The van der Waals surface area contributed by atoms with Gasteiger partial charge in [-0.05, 0) is 6.92 Å². The molecule has 78 valence electrons. The molecule has 13 heavy (non-hydrogen) atoms. The van der Waals surface area contributed by atoms with Gasteiger partial charge in [0.15, 0.2) is 0 Å². The number of piperazine rings is 1. The molecule has 4 nitrogen and oxygen atoms in total. The van der Waals surface area contributed by atoms with Crippen LogP contribution >= 0.6 is 0 Å². The van der Waals surface area contributed by atoms with Crippen LogP contribution in [0.2, 0.25) is 0 Å². The first-order chi connectivity index (χ1) is 6.29. The van der Waals surface area contributed by atoms with Crippen molar-refractivity contribution in [3.8, 4) is 0 Å². The van der Waals surface area contributed by atoms with E-state index in [1.54, 1.807) is 6.92 Å². The van der Waals surface area contributed by atoms with E-state index in [1.165, 1.54) is 0 Å². The van der Waals surface area contributed by atoms with Gasteiger partial charge in [-0.15, -0.1) is 0 Å². The quantitative estimate of drug-likeness (QED) is 0.476. The van der Waals surface area contributed by atoms with E-state index in [0.717, 1.165) is 39.3 Å². The summed E-state index contributed by atoms with van der Waals surface area (Å²) in [6.07, 6.45) is -0.233.